The van der Waals surface area contributed by atoms with Crippen molar-refractivity contribution in [1.29, 1.82) is 0 Å². The van der Waals surface area contributed by atoms with E-state index in [0.29, 0.717) is 51.3 Å². The van der Waals surface area contributed by atoms with E-state index in [0.717, 1.165) is 11.5 Å². The van der Waals surface area contributed by atoms with Crippen molar-refractivity contribution in [1.82, 2.24) is 9.96 Å². The molecule has 0 aromatic heterocycles. The third kappa shape index (κ3) is 6.10. The van der Waals surface area contributed by atoms with E-state index in [4.69, 9.17) is 9.57 Å². The lowest BCUT2D eigenvalue weighted by Gasteiger charge is -2.26. The number of hydrogen-bond acceptors (Lipinski definition) is 7. The molecule has 2 heterocycles. The van der Waals surface area contributed by atoms with Crippen LogP contribution in [-0.2, 0) is 30.9 Å². The van der Waals surface area contributed by atoms with Crippen molar-refractivity contribution in [2.75, 3.05) is 57.4 Å². The van der Waals surface area contributed by atoms with Gasteiger partial charge in [-0.15, -0.1) is 5.06 Å². The number of anilines is 1. The lowest BCUT2D eigenvalue weighted by atomic mass is 9.83. The second-order valence-corrected chi connectivity index (χ2v) is 10.3. The van der Waals surface area contributed by atoms with E-state index < -0.39 is 34.8 Å². The number of aliphatic hydroxyl groups is 1. The van der Waals surface area contributed by atoms with Crippen LogP contribution in [0.3, 0.4) is 0 Å². The molecule has 0 bridgehead atoms. The number of ether oxygens (including phenoxy) is 1. The van der Waals surface area contributed by atoms with E-state index in [2.05, 4.69) is 11.8 Å². The van der Waals surface area contributed by atoms with E-state index in [-0.39, 0.29) is 23.4 Å². The van der Waals surface area contributed by atoms with Gasteiger partial charge in [0.1, 0.15) is 0 Å². The number of hydrogen-bond donors (Lipinski definition) is 1. The molecule has 1 atom stereocenters. The minimum Gasteiger partial charge on any atom is -0.379 e. The number of benzene rings is 3. The van der Waals surface area contributed by atoms with Crippen LogP contribution >= 0.6 is 0 Å². The van der Waals surface area contributed by atoms with Gasteiger partial charge in [0.25, 0.3) is 5.91 Å². The van der Waals surface area contributed by atoms with Crippen LogP contribution in [0.4, 0.5) is 18.9 Å². The van der Waals surface area contributed by atoms with Gasteiger partial charge in [0, 0.05) is 30.1 Å². The minimum absolute atomic E-state index is 0.0289. The van der Waals surface area contributed by atoms with Crippen molar-refractivity contribution >= 4 is 28.3 Å². The molecular formula is C32H32F3N3O5. The smallest absolute Gasteiger partial charge is 0.379 e. The first-order chi connectivity index (χ1) is 20.6. The van der Waals surface area contributed by atoms with Gasteiger partial charge in [-0.05, 0) is 47.6 Å². The Morgan fingerprint density at radius 3 is 2.44 bits per heavy atom. The number of hydroxylamine groups is 2. The summed E-state index contributed by atoms with van der Waals surface area (Å²) in [7, 11) is 0. The van der Waals surface area contributed by atoms with E-state index >= 15 is 0 Å². The minimum atomic E-state index is -4.95. The highest BCUT2D eigenvalue weighted by molar-refractivity contribution is 6.10. The molecule has 0 spiro atoms. The molecule has 3 aromatic carbocycles. The zero-order valence-corrected chi connectivity index (χ0v) is 23.9. The highest BCUT2D eigenvalue weighted by Crippen LogP contribution is 2.50. The number of nitrogens with zero attached hydrogens (tertiary/aromatic N) is 3. The van der Waals surface area contributed by atoms with Gasteiger partial charge in [0.2, 0.25) is 0 Å². The van der Waals surface area contributed by atoms with Crippen LogP contribution < -0.4 is 4.90 Å². The van der Waals surface area contributed by atoms with E-state index in [1.54, 1.807) is 24.3 Å². The molecule has 3 aromatic rings. The summed E-state index contributed by atoms with van der Waals surface area (Å²) in [4.78, 5) is 34.8. The second-order valence-electron chi connectivity index (χ2n) is 10.3. The van der Waals surface area contributed by atoms with Crippen LogP contribution in [0.15, 0.2) is 54.6 Å². The average molecular weight is 596 g/mol. The number of morpholine rings is 1. The van der Waals surface area contributed by atoms with Crippen LogP contribution in [-0.4, -0.2) is 79.4 Å². The maximum atomic E-state index is 14.7. The molecule has 1 N–H and O–H groups in total. The fourth-order valence-corrected chi connectivity index (χ4v) is 5.51. The first-order valence-corrected chi connectivity index (χ1v) is 14.1. The van der Waals surface area contributed by atoms with Gasteiger partial charge in [-0.3, -0.25) is 4.79 Å². The largest absolute Gasteiger partial charge is 0.416 e. The number of carbonyl (C=O) groups excluding carboxylic acids is 2. The van der Waals surface area contributed by atoms with Crippen molar-refractivity contribution in [3.8, 4) is 11.8 Å². The summed E-state index contributed by atoms with van der Waals surface area (Å²) in [6, 6.07) is 14.0. The van der Waals surface area contributed by atoms with E-state index in [1.165, 1.54) is 22.1 Å². The van der Waals surface area contributed by atoms with Crippen molar-refractivity contribution < 1.29 is 37.4 Å². The van der Waals surface area contributed by atoms with Crippen molar-refractivity contribution in [2.45, 2.75) is 25.6 Å². The summed E-state index contributed by atoms with van der Waals surface area (Å²) in [6.45, 7) is 7.08. The van der Waals surface area contributed by atoms with Gasteiger partial charge >= 0.3 is 12.1 Å². The Hall–Kier alpha value is -3.95. The Balaban J connectivity index is 1.63. The number of fused-ring (bicyclic) bond motifs is 2. The molecule has 43 heavy (non-hydrogen) atoms. The van der Waals surface area contributed by atoms with Gasteiger partial charge in [0.05, 0.1) is 37.6 Å². The fraction of sp³-hybridized carbons (Fsp3) is 0.375. The number of alkyl halides is 3. The molecule has 0 saturated carbocycles. The lowest BCUT2D eigenvalue weighted by Crippen LogP contribution is -2.44. The Bertz CT molecular complexity index is 1590. The summed E-state index contributed by atoms with van der Waals surface area (Å²) in [5.41, 5.74) is -4.58. The monoisotopic (exact) mass is 595 g/mol. The molecular weight excluding hydrogens is 563 g/mol. The Morgan fingerprint density at radius 1 is 1.07 bits per heavy atom. The summed E-state index contributed by atoms with van der Waals surface area (Å²) >= 11 is 0. The van der Waals surface area contributed by atoms with Crippen molar-refractivity contribution in [3.05, 3.63) is 76.9 Å². The molecule has 1 saturated heterocycles. The maximum Gasteiger partial charge on any atom is 0.416 e. The van der Waals surface area contributed by atoms with Gasteiger partial charge in [-0.1, -0.05) is 56.2 Å². The topological polar surface area (TPSA) is 82.5 Å². The SMILES string of the molecule is CCN(CC)CCN1C(=O)C(O)(c2ccc3ccccc3c2)c2c1cc(C#CC(=O)ON1CCOCC1)cc2C(F)(F)F. The standard InChI is InChI=1S/C32H32F3N3O5/c1-3-36(4-2)13-14-38-27-20-22(9-12-28(39)43-37-15-17-42-18-16-37)19-26(32(33,34)35)29(27)31(41,30(38)40)25-11-10-23-7-5-6-8-24(23)21-25/h5-8,10-11,19-21,41H,3-4,13-18H2,1-2H3. The summed E-state index contributed by atoms with van der Waals surface area (Å²) < 4.78 is 49.3. The molecule has 1 unspecified atom stereocenters. The second kappa shape index (κ2) is 12.3. The molecule has 0 aliphatic carbocycles. The van der Waals surface area contributed by atoms with E-state index in [1.807, 2.05) is 30.9 Å². The zero-order valence-electron chi connectivity index (χ0n) is 23.9. The zero-order chi connectivity index (χ0) is 30.8. The first kappa shape index (κ1) is 30.5. The molecule has 0 radical (unpaired) electrons. The Kier molecular flexibility index (Phi) is 8.76. The first-order valence-electron chi connectivity index (χ1n) is 14.1. The molecule has 2 aliphatic rings. The number of halogens is 3. The molecule has 1 fully saturated rings. The quantitative estimate of drug-likeness (QED) is 0.415. The third-order valence-electron chi connectivity index (χ3n) is 7.82. The predicted molar refractivity (Wildman–Crippen MR) is 154 cm³/mol. The lowest BCUT2D eigenvalue weighted by molar-refractivity contribution is -0.198. The predicted octanol–water partition coefficient (Wildman–Crippen LogP) is 3.92. The number of rotatable bonds is 7. The molecule has 2 aliphatic heterocycles. The van der Waals surface area contributed by atoms with Crippen molar-refractivity contribution in [2.24, 2.45) is 0 Å². The van der Waals surface area contributed by atoms with Crippen LogP contribution in [0.25, 0.3) is 10.8 Å². The van der Waals surface area contributed by atoms with Gasteiger partial charge < -0.3 is 24.5 Å². The number of carbonyl (C=O) groups is 2. The van der Waals surface area contributed by atoms with Crippen LogP contribution in [0, 0.1) is 11.8 Å². The third-order valence-corrected chi connectivity index (χ3v) is 7.82. The Morgan fingerprint density at radius 2 is 1.77 bits per heavy atom. The van der Waals surface area contributed by atoms with Crippen LogP contribution in [0.2, 0.25) is 0 Å². The van der Waals surface area contributed by atoms with Crippen LogP contribution in [0.5, 0.6) is 0 Å². The Labute approximate surface area is 247 Å². The molecule has 226 valence electrons. The van der Waals surface area contributed by atoms with Crippen LogP contribution in [0.1, 0.15) is 36.1 Å². The van der Waals surface area contributed by atoms with Gasteiger partial charge in [-0.25, -0.2) is 4.79 Å². The summed E-state index contributed by atoms with van der Waals surface area (Å²) in [6.07, 6.45) is -4.95. The van der Waals surface area contributed by atoms with Gasteiger partial charge in [-0.2, -0.15) is 13.2 Å². The number of amides is 1. The summed E-state index contributed by atoms with van der Waals surface area (Å²) in [5, 5.41) is 14.9. The average Bonchev–Trinajstić information content (AvgIpc) is 3.22. The normalized spacial score (nSPS) is 19.0. The maximum absolute atomic E-state index is 14.7. The molecule has 11 heteroatoms. The van der Waals surface area contributed by atoms with Crippen molar-refractivity contribution in [3.63, 3.8) is 0 Å². The summed E-state index contributed by atoms with van der Waals surface area (Å²) in [5.74, 6) is 2.91. The van der Waals surface area contributed by atoms with E-state index in [9.17, 15) is 27.9 Å². The number of likely N-dealkylation sites (N-methyl/N-ethyl adjacent to an activating group) is 1. The molecule has 1 amide bonds. The molecule has 8 nitrogen and oxygen atoms in total. The molecule has 5 rings (SSSR count). The van der Waals surface area contributed by atoms with Gasteiger partial charge in [0.15, 0.2) is 5.60 Å². The highest BCUT2D eigenvalue weighted by atomic mass is 19.4. The highest BCUT2D eigenvalue weighted by Gasteiger charge is 2.55. The fourth-order valence-electron chi connectivity index (χ4n) is 5.51.